The number of likely N-dealkylation sites (tertiary alicyclic amines) is 1. The quantitative estimate of drug-likeness (QED) is 0.663. The van der Waals surface area contributed by atoms with Gasteiger partial charge >= 0.3 is 0 Å². The molecule has 2 rings (SSSR count). The van der Waals surface area contributed by atoms with Crippen molar-refractivity contribution in [3.63, 3.8) is 0 Å². The summed E-state index contributed by atoms with van der Waals surface area (Å²) >= 11 is 0. The SMILES string of the molecule is CCN1C[C@]2(C[C@H]1C=O)CC2(CC)CC. The third-order valence-electron chi connectivity index (χ3n) is 5.17. The number of hydrogen-bond acceptors (Lipinski definition) is 2. The van der Waals surface area contributed by atoms with Crippen molar-refractivity contribution in [1.82, 2.24) is 4.90 Å². The maximum absolute atomic E-state index is 11.0. The molecule has 1 saturated carbocycles. The molecule has 86 valence electrons. The molecular weight excluding hydrogens is 186 g/mol. The summed E-state index contributed by atoms with van der Waals surface area (Å²) in [6.45, 7) is 8.96. The van der Waals surface area contributed by atoms with Crippen molar-refractivity contribution in [2.24, 2.45) is 10.8 Å². The Labute approximate surface area is 93.0 Å². The van der Waals surface area contributed by atoms with E-state index >= 15 is 0 Å². The first kappa shape index (κ1) is 11.1. The summed E-state index contributed by atoms with van der Waals surface area (Å²) in [4.78, 5) is 13.4. The summed E-state index contributed by atoms with van der Waals surface area (Å²) in [7, 11) is 0. The van der Waals surface area contributed by atoms with E-state index in [1.165, 1.54) is 19.3 Å². The van der Waals surface area contributed by atoms with E-state index in [0.717, 1.165) is 25.8 Å². The lowest BCUT2D eigenvalue weighted by molar-refractivity contribution is -0.111. The predicted octanol–water partition coefficient (Wildman–Crippen LogP) is 2.48. The van der Waals surface area contributed by atoms with E-state index in [0.29, 0.717) is 10.8 Å². The molecule has 15 heavy (non-hydrogen) atoms. The summed E-state index contributed by atoms with van der Waals surface area (Å²) in [6, 6.07) is 0.204. The van der Waals surface area contributed by atoms with Gasteiger partial charge in [-0.05, 0) is 43.1 Å². The Morgan fingerprint density at radius 2 is 2.00 bits per heavy atom. The Morgan fingerprint density at radius 3 is 2.33 bits per heavy atom. The van der Waals surface area contributed by atoms with Crippen LogP contribution in [0.3, 0.4) is 0 Å². The Balaban J connectivity index is 2.12. The molecule has 0 radical (unpaired) electrons. The molecular formula is C13H23NO. The summed E-state index contributed by atoms with van der Waals surface area (Å²) in [6.07, 6.45) is 6.20. The second kappa shape index (κ2) is 3.58. The van der Waals surface area contributed by atoms with Crippen molar-refractivity contribution in [3.05, 3.63) is 0 Å². The van der Waals surface area contributed by atoms with Crippen LogP contribution in [-0.2, 0) is 4.79 Å². The molecule has 0 unspecified atom stereocenters. The molecule has 0 bridgehead atoms. The fourth-order valence-electron chi connectivity index (χ4n) is 3.95. The van der Waals surface area contributed by atoms with Crippen molar-refractivity contribution >= 4 is 6.29 Å². The zero-order chi connectivity index (χ0) is 11.1. The summed E-state index contributed by atoms with van der Waals surface area (Å²) in [5, 5.41) is 0. The Bertz CT molecular complexity index is 259. The van der Waals surface area contributed by atoms with Crippen LogP contribution in [0.4, 0.5) is 0 Å². The molecule has 1 aliphatic carbocycles. The van der Waals surface area contributed by atoms with E-state index in [2.05, 4.69) is 25.7 Å². The van der Waals surface area contributed by atoms with Crippen molar-refractivity contribution in [2.75, 3.05) is 13.1 Å². The predicted molar refractivity (Wildman–Crippen MR) is 61.8 cm³/mol. The zero-order valence-electron chi connectivity index (χ0n) is 10.3. The van der Waals surface area contributed by atoms with Crippen LogP contribution in [0.25, 0.3) is 0 Å². The second-order valence-corrected chi connectivity index (χ2v) is 5.42. The monoisotopic (exact) mass is 209 g/mol. The number of rotatable bonds is 4. The van der Waals surface area contributed by atoms with Crippen LogP contribution in [0.15, 0.2) is 0 Å². The fraction of sp³-hybridized carbons (Fsp3) is 0.923. The minimum atomic E-state index is 0.204. The van der Waals surface area contributed by atoms with Crippen molar-refractivity contribution in [1.29, 1.82) is 0 Å². The number of likely N-dealkylation sites (N-methyl/N-ethyl adjacent to an activating group) is 1. The van der Waals surface area contributed by atoms with Crippen LogP contribution in [-0.4, -0.2) is 30.3 Å². The van der Waals surface area contributed by atoms with Crippen LogP contribution in [0, 0.1) is 10.8 Å². The normalized spacial score (nSPS) is 38.5. The number of aldehydes is 1. The molecule has 0 N–H and O–H groups in total. The minimum absolute atomic E-state index is 0.204. The van der Waals surface area contributed by atoms with Gasteiger partial charge in [0.2, 0.25) is 0 Å². The van der Waals surface area contributed by atoms with Gasteiger partial charge in [0.15, 0.2) is 0 Å². The van der Waals surface area contributed by atoms with Crippen LogP contribution < -0.4 is 0 Å². The summed E-state index contributed by atoms with van der Waals surface area (Å²) < 4.78 is 0. The highest BCUT2D eigenvalue weighted by molar-refractivity contribution is 5.59. The van der Waals surface area contributed by atoms with Gasteiger partial charge < -0.3 is 4.79 Å². The number of carbonyl (C=O) groups excluding carboxylic acids is 1. The van der Waals surface area contributed by atoms with Gasteiger partial charge in [0, 0.05) is 6.54 Å². The largest absolute Gasteiger partial charge is 0.302 e. The molecule has 2 heteroatoms. The van der Waals surface area contributed by atoms with Gasteiger partial charge in [0.25, 0.3) is 0 Å². The molecule has 1 heterocycles. The highest BCUT2D eigenvalue weighted by Crippen LogP contribution is 2.72. The van der Waals surface area contributed by atoms with Gasteiger partial charge in [-0.3, -0.25) is 4.90 Å². The lowest BCUT2D eigenvalue weighted by Crippen LogP contribution is -2.30. The summed E-state index contributed by atoms with van der Waals surface area (Å²) in [5.74, 6) is 0. The average molecular weight is 209 g/mol. The maximum Gasteiger partial charge on any atom is 0.137 e. The molecule has 2 aliphatic rings. The first-order chi connectivity index (χ1) is 7.17. The first-order valence-electron chi connectivity index (χ1n) is 6.36. The van der Waals surface area contributed by atoms with Gasteiger partial charge in [-0.2, -0.15) is 0 Å². The second-order valence-electron chi connectivity index (χ2n) is 5.42. The van der Waals surface area contributed by atoms with Crippen LogP contribution in [0.2, 0.25) is 0 Å². The van der Waals surface area contributed by atoms with Crippen molar-refractivity contribution in [2.45, 2.75) is 52.5 Å². The molecule has 0 aromatic carbocycles. The van der Waals surface area contributed by atoms with E-state index in [1.807, 2.05) is 0 Å². The molecule has 0 amide bonds. The van der Waals surface area contributed by atoms with Gasteiger partial charge in [-0.15, -0.1) is 0 Å². The first-order valence-corrected chi connectivity index (χ1v) is 6.36. The number of carbonyl (C=O) groups is 1. The molecule has 2 nitrogen and oxygen atoms in total. The Morgan fingerprint density at radius 1 is 1.33 bits per heavy atom. The highest BCUT2D eigenvalue weighted by Gasteiger charge is 2.67. The van der Waals surface area contributed by atoms with Gasteiger partial charge in [0.1, 0.15) is 6.29 Å². The zero-order valence-corrected chi connectivity index (χ0v) is 10.3. The van der Waals surface area contributed by atoms with Gasteiger partial charge in [0.05, 0.1) is 6.04 Å². The maximum atomic E-state index is 11.0. The number of hydrogen-bond donors (Lipinski definition) is 0. The lowest BCUT2D eigenvalue weighted by atomic mass is 9.86. The van der Waals surface area contributed by atoms with E-state index in [1.54, 1.807) is 0 Å². The van der Waals surface area contributed by atoms with E-state index in [-0.39, 0.29) is 6.04 Å². The minimum Gasteiger partial charge on any atom is -0.302 e. The molecule has 1 aliphatic heterocycles. The highest BCUT2D eigenvalue weighted by atomic mass is 16.1. The van der Waals surface area contributed by atoms with E-state index < -0.39 is 0 Å². The Hall–Kier alpha value is -0.370. The molecule has 0 aromatic heterocycles. The Kier molecular flexibility index (Phi) is 2.66. The standard InChI is InChI=1S/C13H23NO/c1-4-12(5-2)9-13(12)7-11(8-15)14(6-3)10-13/h8,11H,4-7,9-10H2,1-3H3/t11-,13-/m0/s1. The smallest absolute Gasteiger partial charge is 0.137 e. The molecule has 2 fully saturated rings. The molecule has 1 saturated heterocycles. The average Bonchev–Trinajstić information content (AvgIpc) is 2.73. The van der Waals surface area contributed by atoms with Crippen molar-refractivity contribution < 1.29 is 4.79 Å². The molecule has 1 spiro atoms. The van der Waals surface area contributed by atoms with Gasteiger partial charge in [-0.25, -0.2) is 0 Å². The van der Waals surface area contributed by atoms with Crippen molar-refractivity contribution in [3.8, 4) is 0 Å². The van der Waals surface area contributed by atoms with Crippen LogP contribution in [0.5, 0.6) is 0 Å². The molecule has 2 atom stereocenters. The van der Waals surface area contributed by atoms with E-state index in [9.17, 15) is 4.79 Å². The molecule has 0 aromatic rings. The van der Waals surface area contributed by atoms with Crippen LogP contribution in [0.1, 0.15) is 46.5 Å². The lowest BCUT2D eigenvalue weighted by Gasteiger charge is -2.20. The summed E-state index contributed by atoms with van der Waals surface area (Å²) in [5.41, 5.74) is 1.07. The third kappa shape index (κ3) is 1.37. The number of nitrogens with zero attached hydrogens (tertiary/aromatic N) is 1. The third-order valence-corrected chi connectivity index (χ3v) is 5.17. The fourth-order valence-corrected chi connectivity index (χ4v) is 3.95. The topological polar surface area (TPSA) is 20.3 Å². The van der Waals surface area contributed by atoms with Gasteiger partial charge in [-0.1, -0.05) is 20.8 Å². The van der Waals surface area contributed by atoms with E-state index in [4.69, 9.17) is 0 Å². The van der Waals surface area contributed by atoms with Crippen LogP contribution >= 0.6 is 0 Å².